The Balaban J connectivity index is 1.45. The maximum absolute atomic E-state index is 12.9. The second kappa shape index (κ2) is 9.89. The normalized spacial score (nSPS) is 18.9. The molecule has 0 spiro atoms. The van der Waals surface area contributed by atoms with Crippen LogP contribution in [0.15, 0.2) is 59.6 Å². The monoisotopic (exact) mass is 467 g/mol. The number of hydrogen-bond donors (Lipinski definition) is 1. The fraction of sp³-hybridized carbons (Fsp3) is 0.360. The summed E-state index contributed by atoms with van der Waals surface area (Å²) < 4.78 is 27.4. The molecule has 1 atom stereocenters. The first-order valence-corrected chi connectivity index (χ1v) is 12.8. The van der Waals surface area contributed by atoms with Crippen molar-refractivity contribution in [2.45, 2.75) is 50.0 Å². The lowest BCUT2D eigenvalue weighted by molar-refractivity contribution is -0.129. The van der Waals surface area contributed by atoms with Gasteiger partial charge in [0.05, 0.1) is 17.4 Å². The van der Waals surface area contributed by atoms with Crippen LogP contribution in [-0.4, -0.2) is 42.5 Å². The zero-order chi connectivity index (χ0) is 23.4. The van der Waals surface area contributed by atoms with Gasteiger partial charge in [-0.1, -0.05) is 37.1 Å². The van der Waals surface area contributed by atoms with E-state index in [0.717, 1.165) is 36.8 Å². The summed E-state index contributed by atoms with van der Waals surface area (Å²) in [5.41, 5.74) is 2.42. The lowest BCUT2D eigenvalue weighted by atomic mass is 9.93. The fourth-order valence-electron chi connectivity index (χ4n) is 4.44. The number of benzene rings is 2. The van der Waals surface area contributed by atoms with E-state index in [-0.39, 0.29) is 23.1 Å². The van der Waals surface area contributed by atoms with Gasteiger partial charge in [0.1, 0.15) is 0 Å². The van der Waals surface area contributed by atoms with E-state index in [4.69, 9.17) is 0 Å². The zero-order valence-corrected chi connectivity index (χ0v) is 19.6. The van der Waals surface area contributed by atoms with Crippen molar-refractivity contribution in [3.05, 3.63) is 65.9 Å². The number of fused-ring (bicyclic) bond motifs is 1. The van der Waals surface area contributed by atoms with E-state index >= 15 is 0 Å². The maximum Gasteiger partial charge on any atom is 0.243 e. The first-order chi connectivity index (χ1) is 15.9. The predicted octanol–water partition coefficient (Wildman–Crippen LogP) is 4.15. The summed E-state index contributed by atoms with van der Waals surface area (Å²) >= 11 is 0. The molecule has 33 heavy (non-hydrogen) atoms. The second-order valence-electron chi connectivity index (χ2n) is 8.48. The number of rotatable bonds is 5. The molecule has 1 fully saturated rings. The predicted molar refractivity (Wildman–Crippen MR) is 128 cm³/mol. The highest BCUT2D eigenvalue weighted by Gasteiger charge is 2.28. The van der Waals surface area contributed by atoms with Gasteiger partial charge in [-0.05, 0) is 54.3 Å². The number of carbonyl (C=O) groups excluding carboxylic acids is 2. The molecule has 2 aromatic carbocycles. The molecule has 1 N–H and O–H groups in total. The maximum atomic E-state index is 12.9. The van der Waals surface area contributed by atoms with Crippen LogP contribution in [0, 0.1) is 0 Å². The Bertz CT molecular complexity index is 1150. The molecule has 0 aliphatic carbocycles. The minimum Gasteiger partial charge on any atom is -0.326 e. The summed E-state index contributed by atoms with van der Waals surface area (Å²) in [6.07, 6.45) is 7.54. The second-order valence-corrected chi connectivity index (χ2v) is 10.4. The zero-order valence-electron chi connectivity index (χ0n) is 18.7. The lowest BCUT2D eigenvalue weighted by Crippen LogP contribution is -2.33. The van der Waals surface area contributed by atoms with Gasteiger partial charge >= 0.3 is 0 Å². The average molecular weight is 468 g/mol. The van der Waals surface area contributed by atoms with E-state index in [1.165, 1.54) is 19.1 Å². The third-order valence-corrected chi connectivity index (χ3v) is 8.10. The van der Waals surface area contributed by atoms with Crippen LogP contribution in [0.2, 0.25) is 0 Å². The molecule has 174 valence electrons. The van der Waals surface area contributed by atoms with Crippen molar-refractivity contribution in [2.75, 3.05) is 18.4 Å². The van der Waals surface area contributed by atoms with Gasteiger partial charge in [-0.25, -0.2) is 8.42 Å². The highest BCUT2D eigenvalue weighted by molar-refractivity contribution is 7.89. The number of amides is 2. The minimum atomic E-state index is -3.53. The molecule has 4 rings (SSSR count). The number of nitrogens with zero attached hydrogens (tertiary/aromatic N) is 2. The molecule has 2 heterocycles. The van der Waals surface area contributed by atoms with E-state index in [0.29, 0.717) is 18.8 Å². The van der Waals surface area contributed by atoms with E-state index in [1.807, 2.05) is 30.3 Å². The summed E-state index contributed by atoms with van der Waals surface area (Å²) in [5, 5.41) is 2.84. The number of hydrogen-bond acceptors (Lipinski definition) is 4. The molecule has 0 saturated carbocycles. The van der Waals surface area contributed by atoms with Gasteiger partial charge in [0.25, 0.3) is 0 Å². The van der Waals surface area contributed by atoms with Crippen molar-refractivity contribution in [1.82, 2.24) is 9.21 Å². The average Bonchev–Trinajstić information content (AvgIpc) is 3.10. The van der Waals surface area contributed by atoms with Crippen LogP contribution in [-0.2, 0) is 19.6 Å². The van der Waals surface area contributed by atoms with Crippen molar-refractivity contribution in [2.24, 2.45) is 0 Å². The van der Waals surface area contributed by atoms with Gasteiger partial charge in [-0.3, -0.25) is 9.59 Å². The van der Waals surface area contributed by atoms with E-state index in [9.17, 15) is 18.0 Å². The number of carbonyl (C=O) groups is 2. The molecule has 8 heteroatoms. The molecule has 2 aromatic rings. The Morgan fingerprint density at radius 1 is 0.970 bits per heavy atom. The Kier molecular flexibility index (Phi) is 6.95. The van der Waals surface area contributed by atoms with Crippen molar-refractivity contribution in [3.8, 4) is 0 Å². The third kappa shape index (κ3) is 5.17. The van der Waals surface area contributed by atoms with Crippen LogP contribution >= 0.6 is 0 Å². The largest absolute Gasteiger partial charge is 0.326 e. The van der Waals surface area contributed by atoms with Gasteiger partial charge in [0, 0.05) is 31.9 Å². The molecule has 2 aliphatic heterocycles. The summed E-state index contributed by atoms with van der Waals surface area (Å²) in [5.74, 6) is -0.388. The van der Waals surface area contributed by atoms with Gasteiger partial charge in [0.15, 0.2) is 0 Å². The highest BCUT2D eigenvalue weighted by Crippen LogP contribution is 2.33. The van der Waals surface area contributed by atoms with Crippen LogP contribution in [0.25, 0.3) is 6.08 Å². The topological polar surface area (TPSA) is 86.8 Å². The van der Waals surface area contributed by atoms with Crippen LogP contribution in [0.5, 0.6) is 0 Å². The smallest absolute Gasteiger partial charge is 0.243 e. The van der Waals surface area contributed by atoms with Crippen molar-refractivity contribution >= 4 is 33.6 Å². The molecule has 0 bridgehead atoms. The molecule has 7 nitrogen and oxygen atoms in total. The first kappa shape index (κ1) is 23.2. The Morgan fingerprint density at radius 2 is 1.64 bits per heavy atom. The molecule has 1 saturated heterocycles. The Morgan fingerprint density at radius 3 is 2.30 bits per heavy atom. The number of nitrogens with one attached hydrogen (secondary N) is 1. The first-order valence-electron chi connectivity index (χ1n) is 11.3. The van der Waals surface area contributed by atoms with Crippen LogP contribution in [0.1, 0.15) is 56.2 Å². The molecular formula is C25H29N3O4S. The van der Waals surface area contributed by atoms with Gasteiger partial charge in [-0.2, -0.15) is 4.31 Å². The molecule has 0 aromatic heterocycles. The van der Waals surface area contributed by atoms with Gasteiger partial charge in [-0.15, -0.1) is 0 Å². The Labute approximate surface area is 195 Å². The van der Waals surface area contributed by atoms with Crippen molar-refractivity contribution in [1.29, 1.82) is 0 Å². The van der Waals surface area contributed by atoms with Crippen molar-refractivity contribution in [3.63, 3.8) is 0 Å². The van der Waals surface area contributed by atoms with E-state index in [1.54, 1.807) is 27.5 Å². The highest BCUT2D eigenvalue weighted by atomic mass is 32.2. The third-order valence-electron chi connectivity index (χ3n) is 6.19. The summed E-state index contributed by atoms with van der Waals surface area (Å²) in [6.45, 7) is 2.57. The summed E-state index contributed by atoms with van der Waals surface area (Å²) in [7, 11) is -3.53. The lowest BCUT2D eigenvalue weighted by Gasteiger charge is -2.32. The molecule has 0 radical (unpaired) electrons. The molecule has 2 aliphatic rings. The minimum absolute atomic E-state index is 0.0920. The summed E-state index contributed by atoms with van der Waals surface area (Å²) in [4.78, 5) is 26.8. The van der Waals surface area contributed by atoms with Crippen LogP contribution in [0.3, 0.4) is 0 Å². The van der Waals surface area contributed by atoms with Gasteiger partial charge < -0.3 is 10.2 Å². The van der Waals surface area contributed by atoms with Crippen LogP contribution < -0.4 is 5.32 Å². The molecular weight excluding hydrogens is 438 g/mol. The van der Waals surface area contributed by atoms with E-state index < -0.39 is 16.1 Å². The molecule has 2 amide bonds. The SMILES string of the molecule is CC(=O)N1C=Cc2ccccc2[C@@H]1CC(=O)Nc1ccc(S(=O)(=O)N2CCCCCC2)cc1. The van der Waals surface area contributed by atoms with Crippen LogP contribution in [0.4, 0.5) is 5.69 Å². The number of sulfonamides is 1. The summed E-state index contributed by atoms with van der Waals surface area (Å²) in [6, 6.07) is 13.6. The van der Waals surface area contributed by atoms with E-state index in [2.05, 4.69) is 5.32 Å². The standard InChI is InChI=1S/C25H29N3O4S/c1-19(29)28-17-14-20-8-4-5-9-23(20)24(28)18-25(30)26-21-10-12-22(13-11-21)33(31,32)27-15-6-2-3-7-16-27/h4-5,8-14,17,24H,2-3,6-7,15-16,18H2,1H3,(H,26,30)/t24-/m0/s1. The van der Waals surface area contributed by atoms with Crippen molar-refractivity contribution < 1.29 is 18.0 Å². The van der Waals surface area contributed by atoms with Gasteiger partial charge in [0.2, 0.25) is 21.8 Å². The fourth-order valence-corrected chi connectivity index (χ4v) is 5.96. The molecule has 0 unspecified atom stereocenters. The Hall–Kier alpha value is -2.97. The number of anilines is 1. The quantitative estimate of drug-likeness (QED) is 0.716.